The highest BCUT2D eigenvalue weighted by Gasteiger charge is 2.34. The lowest BCUT2D eigenvalue weighted by atomic mass is 10.0. The van der Waals surface area contributed by atoms with Crippen molar-refractivity contribution >= 4 is 17.8 Å². The fourth-order valence-electron chi connectivity index (χ4n) is 4.80. The zero-order valence-corrected chi connectivity index (χ0v) is 23.0. The molecule has 8 heteroatoms. The van der Waals surface area contributed by atoms with E-state index in [0.29, 0.717) is 36.7 Å². The zero-order valence-electron chi connectivity index (χ0n) is 23.0. The van der Waals surface area contributed by atoms with Crippen LogP contribution < -0.4 is 0 Å². The first-order valence-corrected chi connectivity index (χ1v) is 13.3. The number of esters is 1. The molecule has 1 saturated heterocycles. The molecule has 1 unspecified atom stereocenters. The van der Waals surface area contributed by atoms with Gasteiger partial charge < -0.3 is 14.5 Å². The Morgan fingerprint density at radius 3 is 2.32 bits per heavy atom. The van der Waals surface area contributed by atoms with Crippen LogP contribution in [0.3, 0.4) is 0 Å². The van der Waals surface area contributed by atoms with E-state index in [4.69, 9.17) is 4.74 Å². The number of amides is 2. The van der Waals surface area contributed by atoms with Crippen molar-refractivity contribution in [1.29, 1.82) is 0 Å². The Bertz CT molecular complexity index is 1110. The SMILES string of the molecule is CCCCCCc1ccc(C(=O)N2CCN(C(=O)c3nc(C)nc(C(C)C)c3C(=O)OC)CC2C)cc1. The Morgan fingerprint density at radius 1 is 1.03 bits per heavy atom. The summed E-state index contributed by atoms with van der Waals surface area (Å²) < 4.78 is 4.96. The molecule has 0 spiro atoms. The first-order valence-electron chi connectivity index (χ1n) is 13.3. The van der Waals surface area contributed by atoms with E-state index >= 15 is 0 Å². The summed E-state index contributed by atoms with van der Waals surface area (Å²) in [6.45, 7) is 10.8. The molecular weight excluding hydrogens is 468 g/mol. The van der Waals surface area contributed by atoms with E-state index in [1.54, 1.807) is 11.8 Å². The summed E-state index contributed by atoms with van der Waals surface area (Å²) in [7, 11) is 1.28. The maximum atomic E-state index is 13.5. The van der Waals surface area contributed by atoms with Gasteiger partial charge in [-0.3, -0.25) is 9.59 Å². The molecule has 200 valence electrons. The van der Waals surface area contributed by atoms with Crippen LogP contribution in [0.15, 0.2) is 24.3 Å². The van der Waals surface area contributed by atoms with Crippen molar-refractivity contribution in [2.75, 3.05) is 26.7 Å². The summed E-state index contributed by atoms with van der Waals surface area (Å²) in [6, 6.07) is 7.71. The molecule has 1 aromatic heterocycles. The molecule has 8 nitrogen and oxygen atoms in total. The molecule has 1 atom stereocenters. The van der Waals surface area contributed by atoms with Crippen molar-refractivity contribution in [1.82, 2.24) is 19.8 Å². The van der Waals surface area contributed by atoms with Crippen LogP contribution in [0.2, 0.25) is 0 Å². The van der Waals surface area contributed by atoms with E-state index in [1.807, 2.05) is 49.9 Å². The fraction of sp³-hybridized carbons (Fsp3) is 0.552. The topological polar surface area (TPSA) is 92.7 Å². The highest BCUT2D eigenvalue weighted by atomic mass is 16.5. The zero-order chi connectivity index (χ0) is 27.1. The number of unbranched alkanes of at least 4 members (excludes halogenated alkanes) is 3. The highest BCUT2D eigenvalue weighted by Crippen LogP contribution is 2.24. The first-order chi connectivity index (χ1) is 17.7. The Labute approximate surface area is 220 Å². The summed E-state index contributed by atoms with van der Waals surface area (Å²) in [5.41, 5.74) is 2.58. The van der Waals surface area contributed by atoms with E-state index in [9.17, 15) is 14.4 Å². The number of carbonyl (C=O) groups excluding carboxylic acids is 3. The predicted octanol–water partition coefficient (Wildman–Crippen LogP) is 4.80. The van der Waals surface area contributed by atoms with Gasteiger partial charge in [0.05, 0.1) is 12.8 Å². The van der Waals surface area contributed by atoms with Crippen molar-refractivity contribution in [2.24, 2.45) is 0 Å². The van der Waals surface area contributed by atoms with Gasteiger partial charge in [0.1, 0.15) is 17.1 Å². The number of ether oxygens (including phenoxy) is 1. The van der Waals surface area contributed by atoms with E-state index < -0.39 is 5.97 Å². The quantitative estimate of drug-likeness (QED) is 0.357. The Kier molecular flexibility index (Phi) is 9.78. The average molecular weight is 509 g/mol. The molecule has 0 bridgehead atoms. The molecule has 1 fully saturated rings. The van der Waals surface area contributed by atoms with Crippen LogP contribution in [-0.2, 0) is 11.2 Å². The number of aryl methyl sites for hydroxylation is 2. The highest BCUT2D eigenvalue weighted by molar-refractivity contribution is 6.05. The van der Waals surface area contributed by atoms with Gasteiger partial charge in [-0.25, -0.2) is 14.8 Å². The Balaban J connectivity index is 1.72. The number of aromatic nitrogens is 2. The van der Waals surface area contributed by atoms with E-state index in [-0.39, 0.29) is 35.0 Å². The third-order valence-electron chi connectivity index (χ3n) is 6.88. The van der Waals surface area contributed by atoms with Crippen LogP contribution in [-0.4, -0.2) is 70.3 Å². The third kappa shape index (κ3) is 6.73. The second kappa shape index (κ2) is 12.8. The third-order valence-corrected chi connectivity index (χ3v) is 6.88. The number of nitrogens with zero attached hydrogens (tertiary/aromatic N) is 4. The normalized spacial score (nSPS) is 15.7. The van der Waals surface area contributed by atoms with Crippen LogP contribution in [0, 0.1) is 6.92 Å². The minimum absolute atomic E-state index is 0.0349. The first kappa shape index (κ1) is 28.3. The fourth-order valence-corrected chi connectivity index (χ4v) is 4.80. The molecular formula is C29H40N4O4. The minimum Gasteiger partial charge on any atom is -0.465 e. The van der Waals surface area contributed by atoms with Crippen molar-refractivity contribution in [2.45, 2.75) is 78.7 Å². The maximum Gasteiger partial charge on any atom is 0.342 e. The van der Waals surface area contributed by atoms with Gasteiger partial charge in [0.2, 0.25) is 0 Å². The summed E-state index contributed by atoms with van der Waals surface area (Å²) in [4.78, 5) is 51.6. The standard InChI is InChI=1S/C29H40N4O4/c1-7-8-9-10-11-22-12-14-23(15-13-22)27(34)33-17-16-32(18-20(33)4)28(35)26-24(29(36)37-6)25(19(2)3)30-21(5)31-26/h12-15,19-20H,7-11,16-18H2,1-6H3. The molecule has 1 aliphatic rings. The number of rotatable bonds is 9. The molecule has 0 radical (unpaired) electrons. The monoisotopic (exact) mass is 508 g/mol. The molecule has 0 aliphatic carbocycles. The predicted molar refractivity (Wildman–Crippen MR) is 143 cm³/mol. The van der Waals surface area contributed by atoms with Crippen LogP contribution in [0.4, 0.5) is 0 Å². The maximum absolute atomic E-state index is 13.5. The summed E-state index contributed by atoms with van der Waals surface area (Å²) in [5.74, 6) is -0.664. The molecule has 0 saturated carbocycles. The molecule has 2 heterocycles. The van der Waals surface area contributed by atoms with Crippen LogP contribution in [0.5, 0.6) is 0 Å². The van der Waals surface area contributed by atoms with E-state index in [0.717, 1.165) is 12.8 Å². The van der Waals surface area contributed by atoms with Crippen LogP contribution >= 0.6 is 0 Å². The summed E-state index contributed by atoms with van der Waals surface area (Å²) in [5, 5.41) is 0. The molecule has 37 heavy (non-hydrogen) atoms. The van der Waals surface area contributed by atoms with E-state index in [2.05, 4.69) is 16.9 Å². The number of benzene rings is 1. The minimum atomic E-state index is -0.622. The summed E-state index contributed by atoms with van der Waals surface area (Å²) in [6.07, 6.45) is 5.89. The van der Waals surface area contributed by atoms with Gasteiger partial charge in [-0.2, -0.15) is 0 Å². The van der Waals surface area contributed by atoms with Gasteiger partial charge in [0.25, 0.3) is 11.8 Å². The van der Waals surface area contributed by atoms with Gasteiger partial charge in [-0.05, 0) is 50.3 Å². The molecule has 0 N–H and O–H groups in total. The second-order valence-corrected chi connectivity index (χ2v) is 10.1. The number of methoxy groups -OCH3 is 1. The lowest BCUT2D eigenvalue weighted by Crippen LogP contribution is -2.55. The van der Waals surface area contributed by atoms with Gasteiger partial charge in [-0.15, -0.1) is 0 Å². The Hall–Kier alpha value is -3.29. The van der Waals surface area contributed by atoms with Crippen molar-refractivity contribution in [3.8, 4) is 0 Å². The van der Waals surface area contributed by atoms with Gasteiger partial charge >= 0.3 is 5.97 Å². The average Bonchev–Trinajstić information content (AvgIpc) is 2.89. The molecule has 3 rings (SSSR count). The van der Waals surface area contributed by atoms with Gasteiger partial charge in [0, 0.05) is 31.2 Å². The van der Waals surface area contributed by atoms with Crippen molar-refractivity contribution < 1.29 is 19.1 Å². The van der Waals surface area contributed by atoms with Gasteiger partial charge in [-0.1, -0.05) is 52.2 Å². The lowest BCUT2D eigenvalue weighted by Gasteiger charge is -2.40. The molecule has 1 aromatic carbocycles. The molecule has 2 aromatic rings. The second-order valence-electron chi connectivity index (χ2n) is 10.1. The molecule has 2 amide bonds. The smallest absolute Gasteiger partial charge is 0.342 e. The van der Waals surface area contributed by atoms with Crippen LogP contribution in [0.25, 0.3) is 0 Å². The Morgan fingerprint density at radius 2 is 1.73 bits per heavy atom. The number of hydrogen-bond acceptors (Lipinski definition) is 6. The van der Waals surface area contributed by atoms with Gasteiger partial charge in [0.15, 0.2) is 0 Å². The lowest BCUT2D eigenvalue weighted by molar-refractivity contribution is 0.0408. The number of carbonyl (C=O) groups is 3. The molecule has 1 aliphatic heterocycles. The van der Waals surface area contributed by atoms with Crippen molar-refractivity contribution in [3.63, 3.8) is 0 Å². The number of hydrogen-bond donors (Lipinski definition) is 0. The van der Waals surface area contributed by atoms with Crippen LogP contribution in [0.1, 0.15) is 108 Å². The van der Waals surface area contributed by atoms with E-state index in [1.165, 1.54) is 31.9 Å². The van der Waals surface area contributed by atoms with Crippen molar-refractivity contribution in [3.05, 3.63) is 58.2 Å². The number of piperazine rings is 1. The largest absolute Gasteiger partial charge is 0.465 e. The summed E-state index contributed by atoms with van der Waals surface area (Å²) >= 11 is 0.